The van der Waals surface area contributed by atoms with Crippen molar-refractivity contribution in [2.24, 2.45) is 5.92 Å². The summed E-state index contributed by atoms with van der Waals surface area (Å²) in [6.45, 7) is 3.73. The van der Waals surface area contributed by atoms with Crippen molar-refractivity contribution >= 4 is 5.91 Å². The zero-order chi connectivity index (χ0) is 28.9. The Morgan fingerprint density at radius 1 is 1.15 bits per heavy atom. The highest BCUT2D eigenvalue weighted by atomic mass is 19.4. The van der Waals surface area contributed by atoms with Gasteiger partial charge >= 0.3 is 6.18 Å². The predicted molar refractivity (Wildman–Crippen MR) is 144 cm³/mol. The van der Waals surface area contributed by atoms with E-state index in [9.17, 15) is 28.2 Å². The number of aliphatic hydroxyl groups is 1. The van der Waals surface area contributed by atoms with E-state index < -0.39 is 40.3 Å². The Hall–Kier alpha value is -3.22. The van der Waals surface area contributed by atoms with Crippen LogP contribution in [0.4, 0.5) is 13.2 Å². The van der Waals surface area contributed by atoms with E-state index in [2.05, 4.69) is 16.7 Å². The van der Waals surface area contributed by atoms with Crippen molar-refractivity contribution < 1.29 is 32.9 Å². The molecule has 5 atom stereocenters. The average Bonchev–Trinajstić information content (AvgIpc) is 3.69. The second-order valence-corrected chi connectivity index (χ2v) is 12.7. The first-order valence-electron chi connectivity index (χ1n) is 14.4. The number of piperidine rings is 1. The minimum Gasteiger partial charge on any atom is -0.504 e. The molecule has 1 spiro atoms. The zero-order valence-corrected chi connectivity index (χ0v) is 23.1. The van der Waals surface area contributed by atoms with Gasteiger partial charge in [-0.3, -0.25) is 9.69 Å². The highest BCUT2D eigenvalue weighted by molar-refractivity contribution is 5.94. The number of hydrogen-bond acceptors (Lipinski definition) is 5. The third-order valence-corrected chi connectivity index (χ3v) is 10.7. The minimum absolute atomic E-state index is 0.0322. The number of aromatic hydroxyl groups is 1. The van der Waals surface area contributed by atoms with E-state index in [1.54, 1.807) is 18.0 Å². The van der Waals surface area contributed by atoms with Crippen LogP contribution in [0.15, 0.2) is 36.4 Å². The van der Waals surface area contributed by atoms with Crippen LogP contribution in [0.2, 0.25) is 0 Å². The predicted octanol–water partition coefficient (Wildman–Crippen LogP) is 4.24. The standard InChI is InChI=1S/C32H33F3N2O4/c1-29-24(36(2)26(39)12-7-19-5-9-22(10-6-19)32(33,34)35)13-14-31(40)25-17-21-8-11-23(38)28(41-29)27(21)30(29,31)15-16-37(25)18-20-3-4-20/h5-6,8-11,20,24-25,38,40H,3-4,13-18H2,1-2H3/t24-,25-,29+,30+,31-/m1/s1. The fourth-order valence-electron chi connectivity index (χ4n) is 8.57. The topological polar surface area (TPSA) is 73.2 Å². The highest BCUT2D eigenvalue weighted by Gasteiger charge is 2.78. The number of carbonyl (C=O) groups excluding carboxylic acids is 1. The lowest BCUT2D eigenvalue weighted by molar-refractivity contribution is -0.229. The maximum absolute atomic E-state index is 13.4. The molecule has 1 amide bonds. The van der Waals surface area contributed by atoms with E-state index in [-0.39, 0.29) is 11.8 Å². The van der Waals surface area contributed by atoms with E-state index in [1.807, 2.05) is 13.0 Å². The molecule has 216 valence electrons. The molecule has 2 saturated carbocycles. The van der Waals surface area contributed by atoms with Crippen molar-refractivity contribution in [2.75, 3.05) is 20.1 Å². The van der Waals surface area contributed by atoms with Crippen LogP contribution in [0, 0.1) is 17.8 Å². The lowest BCUT2D eigenvalue weighted by Gasteiger charge is -2.67. The van der Waals surface area contributed by atoms with Crippen molar-refractivity contribution in [2.45, 2.75) is 80.3 Å². The molecule has 0 aromatic heterocycles. The maximum Gasteiger partial charge on any atom is 0.416 e. The molecule has 5 aliphatic rings. The fourth-order valence-corrected chi connectivity index (χ4v) is 8.57. The summed E-state index contributed by atoms with van der Waals surface area (Å²) < 4.78 is 45.5. The number of nitrogens with zero attached hydrogens (tertiary/aromatic N) is 2. The average molecular weight is 567 g/mol. The van der Waals surface area contributed by atoms with Crippen LogP contribution >= 0.6 is 0 Å². The molecule has 1 saturated heterocycles. The molecular formula is C32H33F3N2O4. The van der Waals surface area contributed by atoms with Gasteiger partial charge in [0.15, 0.2) is 11.5 Å². The normalized spacial score (nSPS) is 33.3. The first-order chi connectivity index (χ1) is 19.4. The number of phenols is 1. The molecule has 2 aliphatic heterocycles. The van der Waals surface area contributed by atoms with Crippen molar-refractivity contribution in [1.29, 1.82) is 0 Å². The van der Waals surface area contributed by atoms with Crippen molar-refractivity contribution in [3.63, 3.8) is 0 Å². The number of carbonyl (C=O) groups is 1. The number of benzene rings is 2. The molecule has 2 aromatic rings. The molecule has 2 N–H and O–H groups in total. The van der Waals surface area contributed by atoms with Crippen LogP contribution in [0.25, 0.3) is 0 Å². The molecule has 3 aliphatic carbocycles. The van der Waals surface area contributed by atoms with Crippen molar-refractivity contribution in [3.05, 3.63) is 58.7 Å². The third-order valence-electron chi connectivity index (χ3n) is 10.7. The number of halogens is 3. The first kappa shape index (κ1) is 26.7. The molecule has 41 heavy (non-hydrogen) atoms. The van der Waals surface area contributed by atoms with Crippen LogP contribution < -0.4 is 4.74 Å². The first-order valence-corrected chi connectivity index (χ1v) is 14.4. The fraction of sp³-hybridized carbons (Fsp3) is 0.531. The lowest BCUT2D eigenvalue weighted by Crippen LogP contribution is -2.82. The van der Waals surface area contributed by atoms with Gasteiger partial charge in [0.1, 0.15) is 5.60 Å². The van der Waals surface area contributed by atoms with E-state index >= 15 is 0 Å². The summed E-state index contributed by atoms with van der Waals surface area (Å²) in [5.41, 5.74) is -1.44. The second kappa shape index (κ2) is 8.65. The van der Waals surface area contributed by atoms with Gasteiger partial charge in [0.05, 0.1) is 22.6 Å². The summed E-state index contributed by atoms with van der Waals surface area (Å²) in [7, 11) is 1.66. The van der Waals surface area contributed by atoms with Gasteiger partial charge in [-0.2, -0.15) is 13.2 Å². The van der Waals surface area contributed by atoms with Crippen LogP contribution in [0.3, 0.4) is 0 Å². The molecule has 6 nitrogen and oxygen atoms in total. The van der Waals surface area contributed by atoms with Crippen LogP contribution in [0.5, 0.6) is 11.5 Å². The van der Waals surface area contributed by atoms with Gasteiger partial charge in [-0.15, -0.1) is 0 Å². The monoisotopic (exact) mass is 566 g/mol. The van der Waals surface area contributed by atoms with Crippen LogP contribution in [0.1, 0.15) is 61.3 Å². The number of likely N-dealkylation sites (N-methyl/N-ethyl adjacent to an activating group) is 1. The Morgan fingerprint density at radius 3 is 2.56 bits per heavy atom. The molecule has 2 heterocycles. The lowest BCUT2D eigenvalue weighted by atomic mass is 9.44. The molecule has 2 bridgehead atoms. The molecule has 9 heteroatoms. The van der Waals surface area contributed by atoms with Gasteiger partial charge < -0.3 is 19.8 Å². The maximum atomic E-state index is 13.4. The Kier molecular flexibility index (Phi) is 5.63. The van der Waals surface area contributed by atoms with Crippen LogP contribution in [-0.4, -0.2) is 69.3 Å². The number of hydrogen-bond donors (Lipinski definition) is 2. The highest BCUT2D eigenvalue weighted by Crippen LogP contribution is 2.69. The van der Waals surface area contributed by atoms with Gasteiger partial charge in [0.2, 0.25) is 0 Å². The Balaban J connectivity index is 1.24. The number of likely N-dealkylation sites (tertiary alicyclic amines) is 1. The Morgan fingerprint density at radius 2 is 1.88 bits per heavy atom. The van der Waals surface area contributed by atoms with Crippen molar-refractivity contribution in [1.82, 2.24) is 9.80 Å². The minimum atomic E-state index is -4.45. The Labute approximate surface area is 237 Å². The second-order valence-electron chi connectivity index (χ2n) is 12.7. The summed E-state index contributed by atoms with van der Waals surface area (Å²) >= 11 is 0. The quantitative estimate of drug-likeness (QED) is 0.544. The van der Waals surface area contributed by atoms with Gasteiger partial charge in [-0.05, 0) is 93.8 Å². The molecule has 3 fully saturated rings. The smallest absolute Gasteiger partial charge is 0.416 e. The molecule has 7 rings (SSSR count). The molecular weight excluding hydrogens is 533 g/mol. The summed E-state index contributed by atoms with van der Waals surface area (Å²) in [5, 5.41) is 23.6. The van der Waals surface area contributed by atoms with Gasteiger partial charge in [0, 0.05) is 36.7 Å². The molecule has 0 radical (unpaired) electrons. The van der Waals surface area contributed by atoms with E-state index in [0.29, 0.717) is 42.9 Å². The van der Waals surface area contributed by atoms with Crippen molar-refractivity contribution in [3.8, 4) is 23.3 Å². The third kappa shape index (κ3) is 3.63. The molecule has 2 aromatic carbocycles. The SMILES string of the molecule is CN(C(=O)C#Cc1ccc(C(F)(F)F)cc1)[C@@H]1CC[C@@]2(O)[C@H]3Cc4ccc(O)c5c4[C@@]2(CCN3CC2CC2)[C@@]1(C)O5. The largest absolute Gasteiger partial charge is 0.504 e. The van der Waals surface area contributed by atoms with E-state index in [4.69, 9.17) is 4.74 Å². The van der Waals surface area contributed by atoms with Gasteiger partial charge in [-0.25, -0.2) is 0 Å². The number of ether oxygens (including phenoxy) is 1. The van der Waals surface area contributed by atoms with Gasteiger partial charge in [0.25, 0.3) is 5.91 Å². The van der Waals surface area contributed by atoms with Crippen LogP contribution in [-0.2, 0) is 22.8 Å². The summed E-state index contributed by atoms with van der Waals surface area (Å²) in [6.07, 6.45) is 0.291. The zero-order valence-electron chi connectivity index (χ0n) is 23.1. The number of amides is 1. The van der Waals surface area contributed by atoms with E-state index in [1.165, 1.54) is 25.0 Å². The van der Waals surface area contributed by atoms with E-state index in [0.717, 1.165) is 36.3 Å². The number of phenolic OH excluding ortho intramolecular Hbond substituents is 1. The summed E-state index contributed by atoms with van der Waals surface area (Å²) in [6, 6.07) is 7.48. The summed E-state index contributed by atoms with van der Waals surface area (Å²) in [4.78, 5) is 17.4. The molecule has 0 unspecified atom stereocenters. The number of rotatable bonds is 3. The number of alkyl halides is 3. The van der Waals surface area contributed by atoms with Gasteiger partial charge in [-0.1, -0.05) is 12.0 Å². The Bertz CT molecular complexity index is 1490. The summed E-state index contributed by atoms with van der Waals surface area (Å²) in [5.74, 6) is 5.93.